The van der Waals surface area contributed by atoms with Crippen LogP contribution in [-0.2, 0) is 11.2 Å². The third kappa shape index (κ3) is 6.21. The standard InChI is InChI=1S/C18H20Cl2N2O3/c19-14-7-4-8-16(17(14)20)25-11-13(23)10-22-18(24)15(21)9-12-5-2-1-3-6-12/h1-8,13,15,23H,9-11,21H2,(H,22,24)/t13?,15-/m0/s1. The van der Waals surface area contributed by atoms with Gasteiger partial charge in [0.2, 0.25) is 5.91 Å². The third-order valence-corrected chi connectivity index (χ3v) is 4.30. The molecule has 2 atom stereocenters. The van der Waals surface area contributed by atoms with E-state index in [0.29, 0.717) is 17.2 Å². The minimum atomic E-state index is -0.900. The molecule has 4 N–H and O–H groups in total. The molecule has 25 heavy (non-hydrogen) atoms. The molecular weight excluding hydrogens is 363 g/mol. The fourth-order valence-electron chi connectivity index (χ4n) is 2.15. The van der Waals surface area contributed by atoms with Crippen LogP contribution in [0.1, 0.15) is 5.56 Å². The van der Waals surface area contributed by atoms with Gasteiger partial charge in [-0.3, -0.25) is 4.79 Å². The van der Waals surface area contributed by atoms with Crippen LogP contribution in [0.25, 0.3) is 0 Å². The summed E-state index contributed by atoms with van der Waals surface area (Å²) in [6.07, 6.45) is -0.472. The third-order valence-electron chi connectivity index (χ3n) is 3.49. The number of nitrogens with two attached hydrogens (primary N) is 1. The molecule has 0 spiro atoms. The van der Waals surface area contributed by atoms with Gasteiger partial charge >= 0.3 is 0 Å². The molecule has 0 radical (unpaired) electrons. The molecule has 0 fully saturated rings. The van der Waals surface area contributed by atoms with Gasteiger partial charge in [0.15, 0.2) is 0 Å². The molecule has 5 nitrogen and oxygen atoms in total. The van der Waals surface area contributed by atoms with Crippen molar-refractivity contribution in [3.63, 3.8) is 0 Å². The Kier molecular flexibility index (Phi) is 7.52. The average molecular weight is 383 g/mol. The van der Waals surface area contributed by atoms with Crippen LogP contribution in [0.4, 0.5) is 0 Å². The van der Waals surface area contributed by atoms with E-state index in [2.05, 4.69) is 5.32 Å². The highest BCUT2D eigenvalue weighted by Crippen LogP contribution is 2.31. The number of halogens is 2. The fraction of sp³-hybridized carbons (Fsp3) is 0.278. The van der Waals surface area contributed by atoms with Crippen LogP contribution < -0.4 is 15.8 Å². The molecule has 0 saturated carbocycles. The van der Waals surface area contributed by atoms with Gasteiger partial charge in [-0.2, -0.15) is 0 Å². The van der Waals surface area contributed by atoms with Gasteiger partial charge in [0.1, 0.15) is 23.5 Å². The van der Waals surface area contributed by atoms with Crippen molar-refractivity contribution in [3.8, 4) is 5.75 Å². The molecule has 0 aliphatic heterocycles. The van der Waals surface area contributed by atoms with Crippen LogP contribution in [0.2, 0.25) is 10.0 Å². The summed E-state index contributed by atoms with van der Waals surface area (Å²) in [7, 11) is 0. The van der Waals surface area contributed by atoms with Crippen molar-refractivity contribution in [3.05, 3.63) is 64.1 Å². The molecule has 0 aliphatic carbocycles. The van der Waals surface area contributed by atoms with E-state index in [1.54, 1.807) is 18.2 Å². The number of ether oxygens (including phenoxy) is 1. The Balaban J connectivity index is 1.74. The molecule has 0 aromatic heterocycles. The number of aliphatic hydroxyl groups excluding tert-OH is 1. The van der Waals surface area contributed by atoms with E-state index in [4.69, 9.17) is 33.7 Å². The summed E-state index contributed by atoms with van der Waals surface area (Å²) in [5, 5.41) is 13.2. The first kappa shape index (κ1) is 19.5. The van der Waals surface area contributed by atoms with E-state index >= 15 is 0 Å². The first-order valence-corrected chi connectivity index (χ1v) is 8.55. The second-order valence-corrected chi connectivity index (χ2v) is 6.34. The Hall–Kier alpha value is -1.79. The number of aliphatic hydroxyl groups is 1. The zero-order valence-corrected chi connectivity index (χ0v) is 15.0. The quantitative estimate of drug-likeness (QED) is 0.654. The number of nitrogens with one attached hydrogen (secondary N) is 1. The van der Waals surface area contributed by atoms with Gasteiger partial charge in [0.25, 0.3) is 0 Å². The highest BCUT2D eigenvalue weighted by atomic mass is 35.5. The van der Waals surface area contributed by atoms with Crippen LogP contribution in [0.15, 0.2) is 48.5 Å². The number of carbonyl (C=O) groups is 1. The number of carbonyl (C=O) groups excluding carboxylic acids is 1. The Labute approximate surface area is 156 Å². The highest BCUT2D eigenvalue weighted by Gasteiger charge is 2.16. The maximum absolute atomic E-state index is 12.0. The molecule has 2 aromatic carbocycles. The predicted octanol–water partition coefficient (Wildman–Crippen LogP) is 2.42. The normalized spacial score (nSPS) is 13.1. The Bertz CT molecular complexity index is 698. The van der Waals surface area contributed by atoms with Crippen LogP contribution >= 0.6 is 23.2 Å². The number of hydrogen-bond acceptors (Lipinski definition) is 4. The highest BCUT2D eigenvalue weighted by molar-refractivity contribution is 6.42. The smallest absolute Gasteiger partial charge is 0.237 e. The van der Waals surface area contributed by atoms with Crippen LogP contribution in [-0.4, -0.2) is 36.3 Å². The lowest BCUT2D eigenvalue weighted by Crippen LogP contribution is -2.45. The van der Waals surface area contributed by atoms with Crippen molar-refractivity contribution in [2.24, 2.45) is 5.73 Å². The molecule has 2 rings (SSSR count). The summed E-state index contributed by atoms with van der Waals surface area (Å²) >= 11 is 11.9. The molecular formula is C18H20Cl2N2O3. The largest absolute Gasteiger partial charge is 0.489 e. The molecule has 134 valence electrons. The van der Waals surface area contributed by atoms with Crippen molar-refractivity contribution >= 4 is 29.1 Å². The van der Waals surface area contributed by atoms with E-state index in [0.717, 1.165) is 5.56 Å². The molecule has 0 bridgehead atoms. The molecule has 1 unspecified atom stereocenters. The zero-order valence-electron chi connectivity index (χ0n) is 13.5. The zero-order chi connectivity index (χ0) is 18.2. The van der Waals surface area contributed by atoms with Gasteiger partial charge < -0.3 is 20.9 Å². The molecule has 7 heteroatoms. The molecule has 0 aliphatic rings. The number of hydrogen-bond donors (Lipinski definition) is 3. The van der Waals surface area contributed by atoms with Gasteiger partial charge in [-0.25, -0.2) is 0 Å². The van der Waals surface area contributed by atoms with Gasteiger partial charge in [-0.05, 0) is 24.1 Å². The molecule has 1 amide bonds. The molecule has 2 aromatic rings. The minimum Gasteiger partial charge on any atom is -0.489 e. The maximum Gasteiger partial charge on any atom is 0.237 e. The van der Waals surface area contributed by atoms with E-state index < -0.39 is 12.1 Å². The van der Waals surface area contributed by atoms with Crippen molar-refractivity contribution in [2.75, 3.05) is 13.2 Å². The fourth-order valence-corrected chi connectivity index (χ4v) is 2.50. The maximum atomic E-state index is 12.0. The Morgan fingerprint density at radius 3 is 2.60 bits per heavy atom. The van der Waals surface area contributed by atoms with E-state index in [1.807, 2.05) is 30.3 Å². The summed E-state index contributed by atoms with van der Waals surface area (Å²) in [6.45, 7) is -0.00618. The second kappa shape index (κ2) is 9.63. The first-order valence-electron chi connectivity index (χ1n) is 7.79. The summed E-state index contributed by atoms with van der Waals surface area (Å²) in [6, 6.07) is 13.8. The topological polar surface area (TPSA) is 84.6 Å². The number of rotatable bonds is 8. The Morgan fingerprint density at radius 2 is 1.88 bits per heavy atom. The summed E-state index contributed by atoms with van der Waals surface area (Å²) in [4.78, 5) is 12.0. The van der Waals surface area contributed by atoms with Crippen molar-refractivity contribution < 1.29 is 14.6 Å². The van der Waals surface area contributed by atoms with Gasteiger partial charge in [0, 0.05) is 6.54 Å². The van der Waals surface area contributed by atoms with Gasteiger partial charge in [-0.1, -0.05) is 59.6 Å². The lowest BCUT2D eigenvalue weighted by Gasteiger charge is -2.16. The summed E-state index contributed by atoms with van der Waals surface area (Å²) in [5.74, 6) is 0.0454. The summed E-state index contributed by atoms with van der Waals surface area (Å²) < 4.78 is 5.42. The van der Waals surface area contributed by atoms with E-state index in [1.165, 1.54) is 0 Å². The van der Waals surface area contributed by atoms with E-state index in [-0.39, 0.29) is 24.1 Å². The summed E-state index contributed by atoms with van der Waals surface area (Å²) in [5.41, 5.74) is 6.86. The second-order valence-electron chi connectivity index (χ2n) is 5.56. The lowest BCUT2D eigenvalue weighted by molar-refractivity contribution is -0.122. The molecule has 0 saturated heterocycles. The lowest BCUT2D eigenvalue weighted by atomic mass is 10.1. The van der Waals surface area contributed by atoms with Crippen LogP contribution in [0.3, 0.4) is 0 Å². The monoisotopic (exact) mass is 382 g/mol. The molecule has 0 heterocycles. The SMILES string of the molecule is N[C@@H](Cc1ccccc1)C(=O)NCC(O)COc1cccc(Cl)c1Cl. The first-order chi connectivity index (χ1) is 12.0. The van der Waals surface area contributed by atoms with Crippen molar-refractivity contribution in [1.29, 1.82) is 0 Å². The number of amides is 1. The van der Waals surface area contributed by atoms with Gasteiger partial charge in [-0.15, -0.1) is 0 Å². The van der Waals surface area contributed by atoms with Crippen LogP contribution in [0, 0.1) is 0 Å². The average Bonchev–Trinajstić information content (AvgIpc) is 2.61. The van der Waals surface area contributed by atoms with Crippen molar-refractivity contribution in [2.45, 2.75) is 18.6 Å². The number of benzene rings is 2. The predicted molar refractivity (Wildman–Crippen MR) is 99.1 cm³/mol. The van der Waals surface area contributed by atoms with E-state index in [9.17, 15) is 9.90 Å². The van der Waals surface area contributed by atoms with Gasteiger partial charge in [0.05, 0.1) is 11.1 Å². The Morgan fingerprint density at radius 1 is 1.16 bits per heavy atom. The van der Waals surface area contributed by atoms with Crippen LogP contribution in [0.5, 0.6) is 5.75 Å². The van der Waals surface area contributed by atoms with Crippen molar-refractivity contribution in [1.82, 2.24) is 5.32 Å². The minimum absolute atomic E-state index is 0.0273.